The molecule has 2 nitrogen and oxygen atoms in total. The second-order valence-corrected chi connectivity index (χ2v) is 19.0. The lowest BCUT2D eigenvalue weighted by atomic mass is 9.32. The predicted molar refractivity (Wildman–Crippen MR) is 197 cm³/mol. The maximum absolute atomic E-state index is 7.29. The Morgan fingerprint density at radius 1 is 0.625 bits per heavy atom. The largest absolute Gasteiger partial charge is 0.458 e. The zero-order chi connectivity index (χ0) is 31.9. The molecule has 0 amide bonds. The van der Waals surface area contributed by atoms with E-state index in [0.717, 1.165) is 52.9 Å². The molecule has 4 aromatic rings. The van der Waals surface area contributed by atoms with Gasteiger partial charge in [0, 0.05) is 17.1 Å². The Kier molecular flexibility index (Phi) is 4.92. The van der Waals surface area contributed by atoms with E-state index in [1.54, 1.807) is 5.56 Å². The van der Waals surface area contributed by atoms with Crippen molar-refractivity contribution in [2.24, 2.45) is 41.4 Å². The fraction of sp³-hybridized carbons (Fsp3) is 0.467. The summed E-state index contributed by atoms with van der Waals surface area (Å²) in [7, 11) is 0. The summed E-state index contributed by atoms with van der Waals surface area (Å²) in [6, 6.07) is 30.6. The molecular weight excluding hydrogens is 581 g/mol. The van der Waals surface area contributed by atoms with E-state index in [0.29, 0.717) is 5.41 Å². The van der Waals surface area contributed by atoms with Gasteiger partial charge in [-0.1, -0.05) is 70.2 Å². The van der Waals surface area contributed by atoms with Gasteiger partial charge in [0.15, 0.2) is 0 Å². The van der Waals surface area contributed by atoms with E-state index in [9.17, 15) is 0 Å². The minimum Gasteiger partial charge on any atom is -0.458 e. The van der Waals surface area contributed by atoms with Crippen LogP contribution in [0.3, 0.4) is 0 Å². The van der Waals surface area contributed by atoms with Gasteiger partial charge in [0.25, 0.3) is 6.71 Å². The molecule has 14 rings (SSSR count). The van der Waals surface area contributed by atoms with E-state index in [4.69, 9.17) is 4.74 Å². The minimum absolute atomic E-state index is 0.136. The van der Waals surface area contributed by atoms with Crippen LogP contribution < -0.4 is 26.0 Å². The molecule has 0 saturated heterocycles. The summed E-state index contributed by atoms with van der Waals surface area (Å²) in [6.07, 6.45) is 10.0. The fourth-order valence-corrected chi connectivity index (χ4v) is 14.6. The highest BCUT2D eigenvalue weighted by Gasteiger charge is 2.67. The van der Waals surface area contributed by atoms with Crippen molar-refractivity contribution < 1.29 is 4.74 Å². The molecule has 0 atom stereocenters. The van der Waals surface area contributed by atoms with E-state index >= 15 is 0 Å². The first-order valence-corrected chi connectivity index (χ1v) is 19.2. The number of nitrogens with zero attached hydrogens (tertiary/aromatic N) is 1. The van der Waals surface area contributed by atoms with Crippen LogP contribution in [0.5, 0.6) is 11.5 Å². The Hall–Kier alpha value is -3.46. The van der Waals surface area contributed by atoms with Crippen molar-refractivity contribution in [3.8, 4) is 11.5 Å². The zero-order valence-electron chi connectivity index (χ0n) is 28.9. The van der Waals surface area contributed by atoms with Crippen molar-refractivity contribution in [2.75, 3.05) is 4.90 Å². The number of hydrogen-bond donors (Lipinski definition) is 0. The average Bonchev–Trinajstić information content (AvgIpc) is 3.27. The SMILES string of the molecule is CC1(C)CC(C)(C)c2cc3c(cc21)Oc1cc([C@]24CC5C6CC7C[C@@H]5C(C2)[C@@H](C7)C6C4)cc2c1B3c1ccccc1N2c1ccccc1. The van der Waals surface area contributed by atoms with Crippen molar-refractivity contribution in [1.29, 1.82) is 0 Å². The molecular formula is C45H46BNO. The topological polar surface area (TPSA) is 12.5 Å². The van der Waals surface area contributed by atoms with Crippen molar-refractivity contribution in [2.45, 2.75) is 88.9 Å². The van der Waals surface area contributed by atoms with Crippen LogP contribution in [0.4, 0.5) is 17.1 Å². The molecule has 0 aromatic heterocycles. The molecule has 7 fully saturated rings. The van der Waals surface area contributed by atoms with Crippen LogP contribution in [0.1, 0.15) is 89.3 Å². The van der Waals surface area contributed by atoms with Gasteiger partial charge in [0.1, 0.15) is 11.5 Å². The molecule has 2 aliphatic heterocycles. The van der Waals surface area contributed by atoms with E-state index in [-0.39, 0.29) is 17.5 Å². The molecule has 48 heavy (non-hydrogen) atoms. The summed E-state index contributed by atoms with van der Waals surface area (Å²) < 4.78 is 7.29. The van der Waals surface area contributed by atoms with Crippen LogP contribution in [-0.4, -0.2) is 6.71 Å². The second-order valence-electron chi connectivity index (χ2n) is 19.0. The second kappa shape index (κ2) is 8.63. The molecule has 240 valence electrons. The molecule has 8 bridgehead atoms. The first-order valence-electron chi connectivity index (χ1n) is 19.2. The number of rotatable bonds is 2. The van der Waals surface area contributed by atoms with Gasteiger partial charge in [-0.2, -0.15) is 0 Å². The molecule has 8 aliphatic carbocycles. The smallest absolute Gasteiger partial charge is 0.256 e. The highest BCUT2D eigenvalue weighted by Crippen LogP contribution is 2.74. The number of fused-ring (bicyclic) bond motifs is 5. The molecule has 0 N–H and O–H groups in total. The van der Waals surface area contributed by atoms with Crippen LogP contribution >= 0.6 is 0 Å². The number of hydrogen-bond acceptors (Lipinski definition) is 2. The Bertz CT molecular complexity index is 2020. The Morgan fingerprint density at radius 3 is 1.94 bits per heavy atom. The fourth-order valence-electron chi connectivity index (χ4n) is 14.6. The highest BCUT2D eigenvalue weighted by atomic mass is 16.5. The van der Waals surface area contributed by atoms with Gasteiger partial charge < -0.3 is 9.64 Å². The van der Waals surface area contributed by atoms with Crippen molar-refractivity contribution in [3.05, 3.63) is 95.6 Å². The minimum atomic E-state index is 0.136. The van der Waals surface area contributed by atoms with Crippen LogP contribution in [0, 0.1) is 41.4 Å². The maximum Gasteiger partial charge on any atom is 0.256 e. The normalized spacial score (nSPS) is 35.6. The third-order valence-electron chi connectivity index (χ3n) is 15.8. The lowest BCUT2D eigenvalue weighted by Gasteiger charge is -2.72. The zero-order valence-corrected chi connectivity index (χ0v) is 28.9. The standard InChI is InChI=1S/C45H46BNO/c1-43(2)24-44(3,4)35-20-40-37(19-34(35)43)46-36-12-8-9-13-38(36)47(27-10-6-5-7-11-27)39-17-26(18-41(48-40)42(39)46)45-21-31-28-14-25-15-29(31)33(23-45)30(16-25)32(28)22-45/h5-13,17-20,25,28-33H,14-16,21-24H2,1-4H3/t25?,28-,29-,30?,31?,32?,33?,45-/m1/s1. The summed E-state index contributed by atoms with van der Waals surface area (Å²) in [4.78, 5) is 2.58. The molecule has 0 unspecified atom stereocenters. The maximum atomic E-state index is 7.29. The number of para-hydroxylation sites is 2. The third kappa shape index (κ3) is 3.24. The van der Waals surface area contributed by atoms with Crippen molar-refractivity contribution >= 4 is 40.2 Å². The summed E-state index contributed by atoms with van der Waals surface area (Å²) >= 11 is 0. The lowest BCUT2D eigenvalue weighted by Crippen LogP contribution is -2.66. The molecule has 7 saturated carbocycles. The van der Waals surface area contributed by atoms with E-state index in [1.165, 1.54) is 89.5 Å². The van der Waals surface area contributed by atoms with Gasteiger partial charge >= 0.3 is 0 Å². The van der Waals surface area contributed by atoms with Crippen molar-refractivity contribution in [1.82, 2.24) is 0 Å². The van der Waals surface area contributed by atoms with E-state index in [1.807, 2.05) is 0 Å². The van der Waals surface area contributed by atoms with Gasteiger partial charge in [-0.05, 0) is 172 Å². The highest BCUT2D eigenvalue weighted by molar-refractivity contribution is 6.99. The quantitative estimate of drug-likeness (QED) is 0.178. The van der Waals surface area contributed by atoms with E-state index < -0.39 is 0 Å². The Morgan fingerprint density at radius 2 is 1.25 bits per heavy atom. The van der Waals surface area contributed by atoms with Gasteiger partial charge in [-0.25, -0.2) is 0 Å². The molecule has 0 radical (unpaired) electrons. The van der Waals surface area contributed by atoms with Gasteiger partial charge in [-0.15, -0.1) is 0 Å². The number of ether oxygens (including phenoxy) is 1. The Balaban J connectivity index is 1.10. The molecule has 0 spiro atoms. The summed E-state index contributed by atoms with van der Waals surface area (Å²) in [5.41, 5.74) is 13.2. The number of anilines is 3. The predicted octanol–water partition coefficient (Wildman–Crippen LogP) is 9.01. The molecule has 4 aromatic carbocycles. The van der Waals surface area contributed by atoms with Gasteiger partial charge in [-0.3, -0.25) is 0 Å². The summed E-state index contributed by atoms with van der Waals surface area (Å²) in [5.74, 6) is 9.17. The molecule has 10 aliphatic rings. The third-order valence-corrected chi connectivity index (χ3v) is 15.8. The van der Waals surface area contributed by atoms with Crippen LogP contribution in [0.25, 0.3) is 0 Å². The van der Waals surface area contributed by atoms with Crippen molar-refractivity contribution in [3.63, 3.8) is 0 Å². The Labute approximate surface area is 286 Å². The summed E-state index contributed by atoms with van der Waals surface area (Å²) in [6.45, 7) is 9.91. The van der Waals surface area contributed by atoms with Crippen LogP contribution in [0.15, 0.2) is 78.9 Å². The molecule has 2 heterocycles. The van der Waals surface area contributed by atoms with Gasteiger partial charge in [0.2, 0.25) is 0 Å². The average molecular weight is 628 g/mol. The van der Waals surface area contributed by atoms with Crippen LogP contribution in [-0.2, 0) is 16.2 Å². The monoisotopic (exact) mass is 627 g/mol. The first kappa shape index (κ1) is 27.4. The first-order chi connectivity index (χ1) is 23.2. The molecule has 3 heteroatoms. The van der Waals surface area contributed by atoms with Gasteiger partial charge in [0.05, 0.1) is 0 Å². The van der Waals surface area contributed by atoms with E-state index in [2.05, 4.69) is 111 Å². The summed E-state index contributed by atoms with van der Waals surface area (Å²) in [5, 5.41) is 0. The number of benzene rings is 4. The lowest BCUT2D eigenvalue weighted by molar-refractivity contribution is -0.212. The van der Waals surface area contributed by atoms with Crippen LogP contribution in [0.2, 0.25) is 0 Å².